The van der Waals surface area contributed by atoms with E-state index < -0.39 is 0 Å². The number of benzene rings is 3. The van der Waals surface area contributed by atoms with Gasteiger partial charge in [0.2, 0.25) is 0 Å². The fourth-order valence-electron chi connectivity index (χ4n) is 3.64. The summed E-state index contributed by atoms with van der Waals surface area (Å²) < 4.78 is 0. The standard InChI is InChI=1S/C24H28ClN3OS.C7H6O.C2H6.CH4O/c1-16(2)11-22-23(19-10-9-17(3)21(25)12-19)28-24(30-22)27-14-20(15-29)26-13-18-7-5-4-6-8-18;8-6-7-4-2-1-3-5-7;2*1-2/h4-10,12,15-16,20,26H,11,13-14H2,1-3H3,(H,27,28);1-6H;1-2H3;2H,1H3. The molecule has 0 saturated carbocycles. The molecule has 4 rings (SSSR count). The zero-order valence-corrected chi connectivity index (χ0v) is 27.0. The number of aliphatic hydroxyl groups is 1. The van der Waals surface area contributed by atoms with E-state index >= 15 is 0 Å². The van der Waals surface area contributed by atoms with Gasteiger partial charge in [0, 0.05) is 41.2 Å². The molecule has 4 aromatic rings. The van der Waals surface area contributed by atoms with E-state index in [0.717, 1.165) is 64.2 Å². The zero-order valence-electron chi connectivity index (χ0n) is 25.4. The number of halogens is 1. The summed E-state index contributed by atoms with van der Waals surface area (Å²) in [7, 11) is 1.00. The molecular formula is C34H44ClN3O3S. The van der Waals surface area contributed by atoms with Crippen LogP contribution in [0.3, 0.4) is 0 Å². The largest absolute Gasteiger partial charge is 0.400 e. The molecule has 0 saturated heterocycles. The average Bonchev–Trinajstić information content (AvgIpc) is 3.43. The molecule has 0 aliphatic rings. The second-order valence-electron chi connectivity index (χ2n) is 9.37. The first-order chi connectivity index (χ1) is 20.4. The Morgan fingerprint density at radius 2 is 1.57 bits per heavy atom. The number of carbonyl (C=O) groups excluding carboxylic acids is 2. The molecule has 42 heavy (non-hydrogen) atoms. The predicted octanol–water partition coefficient (Wildman–Crippen LogP) is 7.87. The topological polar surface area (TPSA) is 91.3 Å². The number of rotatable bonds is 11. The number of hydrogen-bond acceptors (Lipinski definition) is 7. The third-order valence-electron chi connectivity index (χ3n) is 5.72. The van der Waals surface area contributed by atoms with Crippen LogP contribution in [0, 0.1) is 12.8 Å². The van der Waals surface area contributed by atoms with Gasteiger partial charge < -0.3 is 20.5 Å². The molecule has 1 aromatic heterocycles. The summed E-state index contributed by atoms with van der Waals surface area (Å²) in [5.74, 6) is 0.522. The van der Waals surface area contributed by atoms with Crippen molar-refractivity contribution in [2.75, 3.05) is 19.0 Å². The van der Waals surface area contributed by atoms with Crippen LogP contribution in [-0.4, -0.2) is 42.4 Å². The Bertz CT molecular complexity index is 1300. The Hall–Kier alpha value is -3.36. The van der Waals surface area contributed by atoms with E-state index in [9.17, 15) is 9.59 Å². The highest BCUT2D eigenvalue weighted by atomic mass is 35.5. The summed E-state index contributed by atoms with van der Waals surface area (Å²) in [6, 6.07) is 24.9. The van der Waals surface area contributed by atoms with Crippen LogP contribution in [0.2, 0.25) is 5.02 Å². The van der Waals surface area contributed by atoms with Crippen LogP contribution in [0.15, 0.2) is 78.9 Å². The van der Waals surface area contributed by atoms with Gasteiger partial charge >= 0.3 is 0 Å². The summed E-state index contributed by atoms with van der Waals surface area (Å²) in [6.07, 6.45) is 2.72. The van der Waals surface area contributed by atoms with Gasteiger partial charge in [-0.2, -0.15) is 0 Å². The van der Waals surface area contributed by atoms with Crippen LogP contribution in [0.1, 0.15) is 54.1 Å². The number of aldehydes is 2. The highest BCUT2D eigenvalue weighted by molar-refractivity contribution is 7.16. The number of aliphatic hydroxyl groups excluding tert-OH is 1. The van der Waals surface area contributed by atoms with Gasteiger partial charge in [-0.25, -0.2) is 4.98 Å². The van der Waals surface area contributed by atoms with Gasteiger partial charge in [-0.1, -0.05) is 112 Å². The van der Waals surface area contributed by atoms with Crippen LogP contribution >= 0.6 is 22.9 Å². The third kappa shape index (κ3) is 13.1. The van der Waals surface area contributed by atoms with Crippen molar-refractivity contribution in [1.29, 1.82) is 0 Å². The number of nitrogens with one attached hydrogen (secondary N) is 2. The van der Waals surface area contributed by atoms with E-state index in [0.29, 0.717) is 19.0 Å². The molecule has 0 amide bonds. The number of thiazole rings is 1. The number of aromatic nitrogens is 1. The van der Waals surface area contributed by atoms with Crippen molar-refractivity contribution in [3.8, 4) is 11.3 Å². The number of anilines is 1. The van der Waals surface area contributed by atoms with Crippen molar-refractivity contribution in [3.05, 3.63) is 105 Å². The zero-order chi connectivity index (χ0) is 31.3. The van der Waals surface area contributed by atoms with Crippen LogP contribution in [0.25, 0.3) is 11.3 Å². The minimum absolute atomic E-state index is 0.292. The Morgan fingerprint density at radius 1 is 0.952 bits per heavy atom. The van der Waals surface area contributed by atoms with Gasteiger partial charge in [-0.05, 0) is 36.5 Å². The molecule has 0 spiro atoms. The smallest absolute Gasteiger partial charge is 0.183 e. The normalized spacial score (nSPS) is 10.6. The maximum atomic E-state index is 11.5. The molecule has 0 bridgehead atoms. The second-order valence-corrected chi connectivity index (χ2v) is 10.9. The lowest BCUT2D eigenvalue weighted by atomic mass is 10.0. The number of aryl methyl sites for hydroxylation is 1. The van der Waals surface area contributed by atoms with Crippen LogP contribution in [0.5, 0.6) is 0 Å². The maximum Gasteiger partial charge on any atom is 0.183 e. The molecule has 1 unspecified atom stereocenters. The van der Waals surface area contributed by atoms with Crippen molar-refractivity contribution < 1.29 is 14.7 Å². The van der Waals surface area contributed by atoms with Crippen LogP contribution in [-0.2, 0) is 17.8 Å². The van der Waals surface area contributed by atoms with E-state index in [-0.39, 0.29) is 6.04 Å². The van der Waals surface area contributed by atoms with E-state index in [1.807, 2.05) is 81.4 Å². The van der Waals surface area contributed by atoms with Crippen LogP contribution in [0.4, 0.5) is 5.13 Å². The van der Waals surface area contributed by atoms with Gasteiger partial charge in [0.1, 0.15) is 12.6 Å². The van der Waals surface area contributed by atoms with Crippen molar-refractivity contribution in [3.63, 3.8) is 0 Å². The fourth-order valence-corrected chi connectivity index (χ4v) is 5.03. The summed E-state index contributed by atoms with van der Waals surface area (Å²) in [5.41, 5.74) is 4.93. The van der Waals surface area contributed by atoms with Crippen molar-refractivity contribution in [2.24, 2.45) is 5.92 Å². The monoisotopic (exact) mass is 609 g/mol. The second kappa shape index (κ2) is 21.4. The van der Waals surface area contributed by atoms with Gasteiger partial charge in [0.05, 0.1) is 11.7 Å². The molecule has 0 radical (unpaired) electrons. The van der Waals surface area contributed by atoms with Gasteiger partial charge in [0.15, 0.2) is 5.13 Å². The molecule has 1 heterocycles. The first-order valence-electron chi connectivity index (χ1n) is 14.1. The van der Waals surface area contributed by atoms with Crippen molar-refractivity contribution in [2.45, 2.75) is 53.6 Å². The van der Waals surface area contributed by atoms with Gasteiger partial charge in [0.25, 0.3) is 0 Å². The SMILES string of the molecule is CC.CO.Cc1ccc(-c2nc(NCC(C=O)NCc3ccccc3)sc2CC(C)C)cc1Cl.O=Cc1ccccc1. The minimum atomic E-state index is -0.292. The van der Waals surface area contributed by atoms with E-state index in [4.69, 9.17) is 21.7 Å². The molecule has 0 aliphatic carbocycles. The Morgan fingerprint density at radius 3 is 2.10 bits per heavy atom. The fraction of sp³-hybridized carbons (Fsp3) is 0.324. The summed E-state index contributed by atoms with van der Waals surface area (Å²) in [6.45, 7) is 11.5. The molecule has 0 aliphatic heterocycles. The molecule has 0 fully saturated rings. The molecule has 3 N–H and O–H groups in total. The molecule has 226 valence electrons. The highest BCUT2D eigenvalue weighted by Crippen LogP contribution is 2.34. The van der Waals surface area contributed by atoms with E-state index in [2.05, 4.69) is 30.5 Å². The Labute approximate surface area is 260 Å². The molecule has 3 aromatic carbocycles. The molecule has 1 atom stereocenters. The minimum Gasteiger partial charge on any atom is -0.400 e. The number of hydrogen-bond donors (Lipinski definition) is 3. The van der Waals surface area contributed by atoms with Gasteiger partial charge in [-0.3, -0.25) is 4.79 Å². The maximum absolute atomic E-state index is 11.5. The highest BCUT2D eigenvalue weighted by Gasteiger charge is 2.16. The summed E-state index contributed by atoms with van der Waals surface area (Å²) >= 11 is 8.00. The quantitative estimate of drug-likeness (QED) is 0.150. The van der Waals surface area contributed by atoms with E-state index in [1.54, 1.807) is 23.5 Å². The molecular weight excluding hydrogens is 566 g/mol. The van der Waals surface area contributed by atoms with E-state index in [1.165, 1.54) is 4.88 Å². The first-order valence-corrected chi connectivity index (χ1v) is 15.3. The number of carbonyl (C=O) groups is 2. The molecule has 8 heteroatoms. The molecule has 6 nitrogen and oxygen atoms in total. The Kier molecular flexibility index (Phi) is 18.6. The summed E-state index contributed by atoms with van der Waals surface area (Å²) in [4.78, 5) is 27.6. The lowest BCUT2D eigenvalue weighted by Crippen LogP contribution is -2.36. The predicted molar refractivity (Wildman–Crippen MR) is 179 cm³/mol. The first kappa shape index (κ1) is 36.7. The third-order valence-corrected chi connectivity index (χ3v) is 7.16. The van der Waals surface area contributed by atoms with Crippen molar-refractivity contribution >= 4 is 40.6 Å². The van der Waals surface area contributed by atoms with Crippen LogP contribution < -0.4 is 10.6 Å². The lowest BCUT2D eigenvalue weighted by Gasteiger charge is -2.13. The lowest BCUT2D eigenvalue weighted by molar-refractivity contribution is -0.109. The summed E-state index contributed by atoms with van der Waals surface area (Å²) in [5, 5.41) is 15.2. The number of nitrogens with zero attached hydrogens (tertiary/aromatic N) is 1. The van der Waals surface area contributed by atoms with Gasteiger partial charge in [-0.15, -0.1) is 11.3 Å². The average molecular weight is 610 g/mol. The Balaban J connectivity index is 0.000000620. The van der Waals surface area contributed by atoms with Crippen molar-refractivity contribution in [1.82, 2.24) is 10.3 Å².